The first-order chi connectivity index (χ1) is 9.54. The van der Waals surface area contributed by atoms with E-state index < -0.39 is 0 Å². The molecule has 0 unspecified atom stereocenters. The van der Waals surface area contributed by atoms with Gasteiger partial charge in [0.1, 0.15) is 0 Å². The van der Waals surface area contributed by atoms with E-state index in [-0.39, 0.29) is 5.91 Å². The maximum absolute atomic E-state index is 11.9. The number of benzene rings is 2. The van der Waals surface area contributed by atoms with Crippen molar-refractivity contribution in [1.82, 2.24) is 0 Å². The second kappa shape index (κ2) is 6.40. The van der Waals surface area contributed by atoms with Crippen LogP contribution >= 0.6 is 11.6 Å². The van der Waals surface area contributed by atoms with Gasteiger partial charge in [0.15, 0.2) is 0 Å². The topological polar surface area (TPSA) is 29.1 Å². The number of carbonyl (C=O) groups is 1. The molecule has 20 heavy (non-hydrogen) atoms. The molecule has 3 heteroatoms. The molecule has 0 bridgehead atoms. The van der Waals surface area contributed by atoms with Crippen molar-refractivity contribution in [2.75, 3.05) is 5.32 Å². The molecule has 0 radical (unpaired) electrons. The third kappa shape index (κ3) is 3.97. The molecule has 102 valence electrons. The zero-order chi connectivity index (χ0) is 14.5. The van der Waals surface area contributed by atoms with Gasteiger partial charge in [0.25, 0.3) is 0 Å². The van der Waals surface area contributed by atoms with E-state index in [1.807, 2.05) is 44.2 Å². The van der Waals surface area contributed by atoms with E-state index in [9.17, 15) is 4.79 Å². The van der Waals surface area contributed by atoms with Crippen LogP contribution in [-0.4, -0.2) is 5.91 Å². The van der Waals surface area contributed by atoms with Crippen molar-refractivity contribution in [1.29, 1.82) is 0 Å². The first-order valence-corrected chi connectivity index (χ1v) is 6.74. The van der Waals surface area contributed by atoms with Crippen molar-refractivity contribution in [3.05, 3.63) is 70.3 Å². The van der Waals surface area contributed by atoms with Gasteiger partial charge in [-0.1, -0.05) is 41.4 Å². The summed E-state index contributed by atoms with van der Waals surface area (Å²) in [6, 6.07) is 13.3. The van der Waals surface area contributed by atoms with Crippen LogP contribution in [0.3, 0.4) is 0 Å². The number of hydrogen-bond acceptors (Lipinski definition) is 1. The third-order valence-electron chi connectivity index (χ3n) is 2.94. The first-order valence-electron chi connectivity index (χ1n) is 6.36. The molecule has 0 spiro atoms. The summed E-state index contributed by atoms with van der Waals surface area (Å²) in [5.41, 5.74) is 4.00. The summed E-state index contributed by atoms with van der Waals surface area (Å²) < 4.78 is 0. The van der Waals surface area contributed by atoms with E-state index in [0.717, 1.165) is 16.8 Å². The van der Waals surface area contributed by atoms with E-state index in [1.54, 1.807) is 18.2 Å². The number of amides is 1. The van der Waals surface area contributed by atoms with Crippen LogP contribution in [0.1, 0.15) is 16.7 Å². The highest BCUT2D eigenvalue weighted by Crippen LogP contribution is 2.16. The Balaban J connectivity index is 2.03. The molecule has 0 heterocycles. The van der Waals surface area contributed by atoms with Crippen LogP contribution in [0.5, 0.6) is 0 Å². The molecule has 0 aliphatic heterocycles. The summed E-state index contributed by atoms with van der Waals surface area (Å²) in [6.45, 7) is 4.00. The minimum atomic E-state index is -0.146. The third-order valence-corrected chi connectivity index (χ3v) is 3.19. The van der Waals surface area contributed by atoms with Crippen LogP contribution in [0.15, 0.2) is 48.5 Å². The second-order valence-corrected chi connectivity index (χ2v) is 5.13. The zero-order valence-corrected chi connectivity index (χ0v) is 12.2. The molecular weight excluding hydrogens is 270 g/mol. The van der Waals surface area contributed by atoms with E-state index >= 15 is 0 Å². The lowest BCUT2D eigenvalue weighted by atomic mass is 10.1. The maximum Gasteiger partial charge on any atom is 0.248 e. The van der Waals surface area contributed by atoms with Gasteiger partial charge in [-0.2, -0.15) is 0 Å². The van der Waals surface area contributed by atoms with E-state index in [0.29, 0.717) is 5.02 Å². The number of carbonyl (C=O) groups excluding carboxylic acids is 1. The number of hydrogen-bond donors (Lipinski definition) is 1. The summed E-state index contributed by atoms with van der Waals surface area (Å²) in [5, 5.41) is 3.55. The summed E-state index contributed by atoms with van der Waals surface area (Å²) in [6.07, 6.45) is 3.28. The van der Waals surface area contributed by atoms with Gasteiger partial charge in [0, 0.05) is 16.8 Å². The van der Waals surface area contributed by atoms with E-state index in [4.69, 9.17) is 11.6 Å². The highest BCUT2D eigenvalue weighted by Gasteiger charge is 2.01. The standard InChI is InChI=1S/C17H16ClNO/c1-12-3-9-16(13(2)11-12)19-17(20)10-6-14-4-7-15(18)8-5-14/h3-11H,1-2H3,(H,19,20)/b10-6+. The van der Waals surface area contributed by atoms with Crippen LogP contribution in [0.2, 0.25) is 5.02 Å². The van der Waals surface area contributed by atoms with Crippen LogP contribution in [0, 0.1) is 13.8 Å². The molecule has 0 saturated heterocycles. The van der Waals surface area contributed by atoms with Gasteiger partial charge in [-0.05, 0) is 49.2 Å². The molecule has 1 amide bonds. The number of rotatable bonds is 3. The van der Waals surface area contributed by atoms with Crippen LogP contribution in [0.4, 0.5) is 5.69 Å². The quantitative estimate of drug-likeness (QED) is 0.820. The van der Waals surface area contributed by atoms with E-state index in [2.05, 4.69) is 5.32 Å². The molecule has 0 aromatic heterocycles. The predicted octanol–water partition coefficient (Wildman–Crippen LogP) is 4.61. The van der Waals surface area contributed by atoms with E-state index in [1.165, 1.54) is 11.6 Å². The van der Waals surface area contributed by atoms with Gasteiger partial charge >= 0.3 is 0 Å². The highest BCUT2D eigenvalue weighted by atomic mass is 35.5. The lowest BCUT2D eigenvalue weighted by molar-refractivity contribution is -0.111. The van der Waals surface area contributed by atoms with Gasteiger partial charge in [-0.15, -0.1) is 0 Å². The Morgan fingerprint density at radius 2 is 1.80 bits per heavy atom. The van der Waals surface area contributed by atoms with Gasteiger partial charge in [0.2, 0.25) is 5.91 Å². The fourth-order valence-electron chi connectivity index (χ4n) is 1.87. The smallest absolute Gasteiger partial charge is 0.248 e. The first kappa shape index (κ1) is 14.4. The average molecular weight is 286 g/mol. The molecule has 0 aliphatic carbocycles. The molecule has 0 fully saturated rings. The normalized spacial score (nSPS) is 10.8. The molecule has 1 N–H and O–H groups in total. The minimum absolute atomic E-state index is 0.146. The van der Waals surface area contributed by atoms with Gasteiger partial charge in [0.05, 0.1) is 0 Å². The van der Waals surface area contributed by atoms with Gasteiger partial charge < -0.3 is 5.32 Å². The molecule has 0 atom stereocenters. The number of anilines is 1. The maximum atomic E-state index is 11.9. The summed E-state index contributed by atoms with van der Waals surface area (Å²) >= 11 is 5.81. The monoisotopic (exact) mass is 285 g/mol. The SMILES string of the molecule is Cc1ccc(NC(=O)/C=C/c2ccc(Cl)cc2)c(C)c1. The summed E-state index contributed by atoms with van der Waals surface area (Å²) in [4.78, 5) is 11.9. The summed E-state index contributed by atoms with van der Waals surface area (Å²) in [5.74, 6) is -0.146. The molecule has 2 aromatic rings. The lowest BCUT2D eigenvalue weighted by Crippen LogP contribution is -2.08. The average Bonchev–Trinajstić information content (AvgIpc) is 2.41. The number of aryl methyl sites for hydroxylation is 2. The lowest BCUT2D eigenvalue weighted by Gasteiger charge is -2.07. The van der Waals surface area contributed by atoms with Gasteiger partial charge in [-0.25, -0.2) is 0 Å². The molecule has 0 aliphatic rings. The largest absolute Gasteiger partial charge is 0.322 e. The molecule has 0 saturated carbocycles. The highest BCUT2D eigenvalue weighted by molar-refractivity contribution is 6.30. The van der Waals surface area contributed by atoms with Crippen molar-refractivity contribution in [3.63, 3.8) is 0 Å². The van der Waals surface area contributed by atoms with Crippen LogP contribution in [-0.2, 0) is 4.79 Å². The van der Waals surface area contributed by atoms with Crippen molar-refractivity contribution < 1.29 is 4.79 Å². The Hall–Kier alpha value is -2.06. The van der Waals surface area contributed by atoms with Crippen molar-refractivity contribution in [2.24, 2.45) is 0 Å². The number of nitrogens with one attached hydrogen (secondary N) is 1. The van der Waals surface area contributed by atoms with Crippen molar-refractivity contribution in [3.8, 4) is 0 Å². The Kier molecular flexibility index (Phi) is 4.59. The van der Waals surface area contributed by atoms with Crippen LogP contribution in [0.25, 0.3) is 6.08 Å². The van der Waals surface area contributed by atoms with Crippen molar-refractivity contribution in [2.45, 2.75) is 13.8 Å². The zero-order valence-electron chi connectivity index (χ0n) is 11.5. The minimum Gasteiger partial charge on any atom is -0.322 e. The molecule has 2 nitrogen and oxygen atoms in total. The van der Waals surface area contributed by atoms with Crippen LogP contribution < -0.4 is 5.32 Å². The fraction of sp³-hybridized carbons (Fsp3) is 0.118. The Bertz CT molecular complexity index is 645. The summed E-state index contributed by atoms with van der Waals surface area (Å²) in [7, 11) is 0. The van der Waals surface area contributed by atoms with Gasteiger partial charge in [-0.3, -0.25) is 4.79 Å². The van der Waals surface area contributed by atoms with Crippen molar-refractivity contribution >= 4 is 29.3 Å². The Labute approximate surface area is 124 Å². The Morgan fingerprint density at radius 1 is 1.10 bits per heavy atom. The Morgan fingerprint density at radius 3 is 2.45 bits per heavy atom. The molecule has 2 aromatic carbocycles. The fourth-order valence-corrected chi connectivity index (χ4v) is 2.00. The molecule has 2 rings (SSSR count). The predicted molar refractivity (Wildman–Crippen MR) is 85.0 cm³/mol. The molecular formula is C17H16ClNO. The second-order valence-electron chi connectivity index (χ2n) is 4.69. The number of halogens is 1.